The summed E-state index contributed by atoms with van der Waals surface area (Å²) in [4.78, 5) is 28.0. The molecule has 0 unspecified atom stereocenters. The summed E-state index contributed by atoms with van der Waals surface area (Å²) in [5.41, 5.74) is 1.73. The van der Waals surface area contributed by atoms with Gasteiger partial charge in [-0.1, -0.05) is 18.2 Å². The van der Waals surface area contributed by atoms with Crippen LogP contribution in [-0.4, -0.2) is 54.6 Å². The van der Waals surface area contributed by atoms with Gasteiger partial charge in [0.1, 0.15) is 5.82 Å². The molecule has 1 fully saturated rings. The Bertz CT molecular complexity index is 818. The third-order valence-corrected chi connectivity index (χ3v) is 4.66. The van der Waals surface area contributed by atoms with Crippen LogP contribution in [0, 0.1) is 5.82 Å². The Morgan fingerprint density at radius 3 is 2.36 bits per heavy atom. The summed E-state index contributed by atoms with van der Waals surface area (Å²) in [5.74, 6) is -0.583. The molecule has 0 aromatic heterocycles. The van der Waals surface area contributed by atoms with Crippen molar-refractivity contribution >= 4 is 17.7 Å². The minimum absolute atomic E-state index is 0.186. The van der Waals surface area contributed by atoms with Gasteiger partial charge in [0.25, 0.3) is 0 Å². The van der Waals surface area contributed by atoms with Crippen molar-refractivity contribution in [1.29, 1.82) is 0 Å². The molecule has 0 atom stereocenters. The number of piperazine rings is 1. The predicted molar refractivity (Wildman–Crippen MR) is 105 cm³/mol. The van der Waals surface area contributed by atoms with E-state index in [1.807, 2.05) is 6.07 Å². The van der Waals surface area contributed by atoms with E-state index in [1.165, 1.54) is 6.07 Å². The first kappa shape index (κ1) is 19.8. The summed E-state index contributed by atoms with van der Waals surface area (Å²) in [6.07, 6.45) is 0. The predicted octanol–water partition coefficient (Wildman–Crippen LogP) is 3.35. The van der Waals surface area contributed by atoms with Crippen molar-refractivity contribution in [2.45, 2.75) is 13.5 Å². The fourth-order valence-electron chi connectivity index (χ4n) is 3.08. The number of benzene rings is 2. The first-order chi connectivity index (χ1) is 13.6. The lowest BCUT2D eigenvalue weighted by molar-refractivity contribution is 0.0526. The van der Waals surface area contributed by atoms with Crippen LogP contribution in [0.4, 0.5) is 14.9 Å². The lowest BCUT2D eigenvalue weighted by atomic mass is 10.2. The molecule has 0 aliphatic carbocycles. The largest absolute Gasteiger partial charge is 0.462 e. The van der Waals surface area contributed by atoms with Crippen LogP contribution in [-0.2, 0) is 11.3 Å². The number of rotatable bonds is 5. The summed E-state index contributed by atoms with van der Waals surface area (Å²) in [5, 5.41) is 2.84. The quantitative estimate of drug-likeness (QED) is 0.802. The van der Waals surface area contributed by atoms with Gasteiger partial charge in [-0.25, -0.2) is 14.0 Å². The summed E-state index contributed by atoms with van der Waals surface area (Å²) in [6, 6.07) is 13.2. The fourth-order valence-corrected chi connectivity index (χ4v) is 3.08. The third kappa shape index (κ3) is 5.07. The topological polar surface area (TPSA) is 61.9 Å². The number of carbonyl (C=O) groups is 2. The number of carbonyl (C=O) groups excluding carboxylic acids is 2. The monoisotopic (exact) mass is 385 g/mol. The highest BCUT2D eigenvalue weighted by atomic mass is 19.1. The maximum atomic E-state index is 13.8. The van der Waals surface area contributed by atoms with Crippen molar-refractivity contribution < 1.29 is 18.7 Å². The van der Waals surface area contributed by atoms with Crippen LogP contribution < -0.4 is 5.32 Å². The van der Waals surface area contributed by atoms with Crippen molar-refractivity contribution in [2.24, 2.45) is 0 Å². The van der Waals surface area contributed by atoms with Crippen LogP contribution in [0.25, 0.3) is 0 Å². The van der Waals surface area contributed by atoms with E-state index in [4.69, 9.17) is 4.74 Å². The van der Waals surface area contributed by atoms with Gasteiger partial charge in [-0.15, -0.1) is 0 Å². The average Bonchev–Trinajstić information content (AvgIpc) is 2.71. The first-order valence-corrected chi connectivity index (χ1v) is 9.35. The molecular formula is C21H24FN3O3. The van der Waals surface area contributed by atoms with Gasteiger partial charge in [0, 0.05) is 44.0 Å². The maximum Gasteiger partial charge on any atom is 0.338 e. The van der Waals surface area contributed by atoms with Gasteiger partial charge in [-0.05, 0) is 37.3 Å². The molecule has 1 heterocycles. The van der Waals surface area contributed by atoms with E-state index in [0.717, 1.165) is 0 Å². The summed E-state index contributed by atoms with van der Waals surface area (Å²) < 4.78 is 18.7. The van der Waals surface area contributed by atoms with Gasteiger partial charge < -0.3 is 15.0 Å². The second-order valence-electron chi connectivity index (χ2n) is 6.58. The zero-order valence-electron chi connectivity index (χ0n) is 15.9. The number of amides is 2. The third-order valence-electron chi connectivity index (χ3n) is 4.66. The molecule has 7 heteroatoms. The number of nitrogens with one attached hydrogen (secondary N) is 1. The van der Waals surface area contributed by atoms with E-state index in [1.54, 1.807) is 48.2 Å². The fraction of sp³-hybridized carbons (Fsp3) is 0.333. The first-order valence-electron chi connectivity index (χ1n) is 9.35. The zero-order valence-corrected chi connectivity index (χ0v) is 15.9. The van der Waals surface area contributed by atoms with E-state index in [9.17, 15) is 14.0 Å². The van der Waals surface area contributed by atoms with E-state index in [0.29, 0.717) is 56.1 Å². The van der Waals surface area contributed by atoms with E-state index < -0.39 is 0 Å². The zero-order chi connectivity index (χ0) is 19.9. The molecule has 1 aliphatic heterocycles. The minimum atomic E-state index is -0.383. The molecule has 0 bridgehead atoms. The molecular weight excluding hydrogens is 361 g/mol. The molecule has 28 heavy (non-hydrogen) atoms. The Morgan fingerprint density at radius 1 is 1.04 bits per heavy atom. The number of anilines is 1. The van der Waals surface area contributed by atoms with E-state index >= 15 is 0 Å². The van der Waals surface area contributed by atoms with Crippen LogP contribution in [0.2, 0.25) is 0 Å². The van der Waals surface area contributed by atoms with Crippen molar-refractivity contribution in [2.75, 3.05) is 38.1 Å². The van der Waals surface area contributed by atoms with Gasteiger partial charge in [0.2, 0.25) is 0 Å². The highest BCUT2D eigenvalue weighted by Gasteiger charge is 2.21. The van der Waals surface area contributed by atoms with Gasteiger partial charge in [-0.3, -0.25) is 4.90 Å². The molecule has 1 N–H and O–H groups in total. The Labute approximate surface area is 163 Å². The molecule has 0 saturated carbocycles. The van der Waals surface area contributed by atoms with Crippen molar-refractivity contribution in [3.05, 3.63) is 65.5 Å². The lowest BCUT2D eigenvalue weighted by Gasteiger charge is -2.34. The highest BCUT2D eigenvalue weighted by molar-refractivity contribution is 5.92. The van der Waals surface area contributed by atoms with Gasteiger partial charge >= 0.3 is 12.0 Å². The Hall–Kier alpha value is -2.93. The Kier molecular flexibility index (Phi) is 6.60. The summed E-state index contributed by atoms with van der Waals surface area (Å²) in [6.45, 7) is 5.12. The van der Waals surface area contributed by atoms with Gasteiger partial charge in [0.15, 0.2) is 0 Å². The second kappa shape index (κ2) is 9.32. The van der Waals surface area contributed by atoms with Gasteiger partial charge in [0.05, 0.1) is 12.2 Å². The lowest BCUT2D eigenvalue weighted by Crippen LogP contribution is -2.49. The van der Waals surface area contributed by atoms with Crippen molar-refractivity contribution in [1.82, 2.24) is 9.80 Å². The summed E-state index contributed by atoms with van der Waals surface area (Å²) >= 11 is 0. The Balaban J connectivity index is 1.48. The van der Waals surface area contributed by atoms with Crippen LogP contribution in [0.3, 0.4) is 0 Å². The Morgan fingerprint density at radius 2 is 1.71 bits per heavy atom. The van der Waals surface area contributed by atoms with Crippen molar-refractivity contribution in [3.63, 3.8) is 0 Å². The number of urea groups is 1. The molecule has 148 valence electrons. The SMILES string of the molecule is CCOC(=O)c1ccc(NC(=O)N2CCN(Cc3ccccc3F)CC2)cc1. The number of ether oxygens (including phenoxy) is 1. The molecule has 1 saturated heterocycles. The highest BCUT2D eigenvalue weighted by Crippen LogP contribution is 2.14. The number of hydrogen-bond donors (Lipinski definition) is 1. The standard InChI is InChI=1S/C21H24FN3O3/c1-2-28-20(26)16-7-9-18(10-8-16)23-21(27)25-13-11-24(12-14-25)15-17-5-3-4-6-19(17)22/h3-10H,2,11-15H2,1H3,(H,23,27). The van der Waals surface area contributed by atoms with E-state index in [2.05, 4.69) is 10.2 Å². The minimum Gasteiger partial charge on any atom is -0.462 e. The summed E-state index contributed by atoms with van der Waals surface area (Å²) in [7, 11) is 0. The van der Waals surface area contributed by atoms with E-state index in [-0.39, 0.29) is 17.8 Å². The number of esters is 1. The molecule has 0 radical (unpaired) electrons. The van der Waals surface area contributed by atoms with Crippen LogP contribution in [0.5, 0.6) is 0 Å². The normalized spacial score (nSPS) is 14.6. The van der Waals surface area contributed by atoms with Crippen LogP contribution >= 0.6 is 0 Å². The molecule has 6 nitrogen and oxygen atoms in total. The van der Waals surface area contributed by atoms with Crippen LogP contribution in [0.1, 0.15) is 22.8 Å². The number of halogens is 1. The molecule has 0 spiro atoms. The molecule has 3 rings (SSSR count). The maximum absolute atomic E-state index is 13.8. The van der Waals surface area contributed by atoms with Crippen molar-refractivity contribution in [3.8, 4) is 0 Å². The molecule has 2 amide bonds. The average molecular weight is 385 g/mol. The van der Waals surface area contributed by atoms with Crippen LogP contribution in [0.15, 0.2) is 48.5 Å². The number of hydrogen-bond acceptors (Lipinski definition) is 4. The second-order valence-corrected chi connectivity index (χ2v) is 6.58. The molecule has 1 aliphatic rings. The molecule has 2 aromatic rings. The van der Waals surface area contributed by atoms with Gasteiger partial charge in [-0.2, -0.15) is 0 Å². The molecule has 2 aromatic carbocycles. The number of nitrogens with zero attached hydrogens (tertiary/aromatic N) is 2. The smallest absolute Gasteiger partial charge is 0.338 e.